The number of fused-ring (bicyclic) bond motifs is 1. The molecule has 1 N–H and O–H groups in total. The fourth-order valence-corrected chi connectivity index (χ4v) is 4.91. The van der Waals surface area contributed by atoms with Crippen LogP contribution in [0.5, 0.6) is 5.75 Å². The Morgan fingerprint density at radius 2 is 1.97 bits per heavy atom. The first-order chi connectivity index (χ1) is 15.3. The van der Waals surface area contributed by atoms with E-state index >= 15 is 0 Å². The van der Waals surface area contributed by atoms with Crippen molar-refractivity contribution < 1.29 is 9.47 Å². The molecule has 3 heterocycles. The van der Waals surface area contributed by atoms with E-state index in [9.17, 15) is 4.79 Å². The van der Waals surface area contributed by atoms with Crippen LogP contribution in [-0.2, 0) is 18.0 Å². The summed E-state index contributed by atoms with van der Waals surface area (Å²) in [4.78, 5) is 17.4. The zero-order valence-corrected chi connectivity index (χ0v) is 18.7. The molecule has 0 radical (unpaired) electrons. The van der Waals surface area contributed by atoms with Gasteiger partial charge in [-0.15, -0.1) is 0 Å². The van der Waals surface area contributed by atoms with E-state index < -0.39 is 0 Å². The van der Waals surface area contributed by atoms with Gasteiger partial charge in [0.05, 0.1) is 18.7 Å². The molecule has 31 heavy (non-hydrogen) atoms. The van der Waals surface area contributed by atoms with Gasteiger partial charge in [-0.25, -0.2) is 8.94 Å². The molecular formula is C24H31N3O3S. The van der Waals surface area contributed by atoms with E-state index in [4.69, 9.17) is 9.47 Å². The molecule has 1 aromatic carbocycles. The highest BCUT2D eigenvalue weighted by Crippen LogP contribution is 2.21. The lowest BCUT2D eigenvalue weighted by Gasteiger charge is -2.16. The molecular weight excluding hydrogens is 410 g/mol. The van der Waals surface area contributed by atoms with E-state index in [1.807, 2.05) is 18.2 Å². The highest BCUT2D eigenvalue weighted by atomic mass is 32.1. The summed E-state index contributed by atoms with van der Waals surface area (Å²) in [5.74, 6) is 1.67. The summed E-state index contributed by atoms with van der Waals surface area (Å²) < 4.78 is 13.3. The lowest BCUT2D eigenvalue weighted by molar-refractivity contribution is 0.129. The molecule has 1 aliphatic rings. The van der Waals surface area contributed by atoms with Crippen molar-refractivity contribution >= 4 is 21.7 Å². The monoisotopic (exact) mass is 441 g/mol. The van der Waals surface area contributed by atoms with Gasteiger partial charge in [-0.3, -0.25) is 10.1 Å². The Bertz CT molecular complexity index is 989. The van der Waals surface area contributed by atoms with Crippen LogP contribution in [0.4, 0.5) is 0 Å². The van der Waals surface area contributed by atoms with Crippen molar-refractivity contribution in [2.24, 2.45) is 5.92 Å². The summed E-state index contributed by atoms with van der Waals surface area (Å²) in [6.45, 7) is 3.76. The molecule has 7 heteroatoms. The lowest BCUT2D eigenvalue weighted by Crippen LogP contribution is -2.23. The minimum atomic E-state index is 0.0109. The molecule has 1 atom stereocenters. The number of nitrogens with zero attached hydrogens (tertiary/aromatic N) is 2. The molecule has 4 rings (SSSR count). The van der Waals surface area contributed by atoms with E-state index in [0.29, 0.717) is 18.6 Å². The van der Waals surface area contributed by atoms with E-state index in [2.05, 4.69) is 22.4 Å². The molecule has 1 aliphatic heterocycles. The normalized spacial score (nSPS) is 17.7. The minimum absolute atomic E-state index is 0.0109. The smallest absolute Gasteiger partial charge is 0.271 e. The summed E-state index contributed by atoms with van der Waals surface area (Å²) in [6, 6.07) is 11.8. The maximum atomic E-state index is 12.4. The zero-order chi connectivity index (χ0) is 21.3. The van der Waals surface area contributed by atoms with Gasteiger partial charge in [0.15, 0.2) is 0 Å². The van der Waals surface area contributed by atoms with Crippen LogP contribution in [0.1, 0.15) is 44.1 Å². The van der Waals surface area contributed by atoms with E-state index in [1.54, 1.807) is 16.2 Å². The molecule has 0 bridgehead atoms. The van der Waals surface area contributed by atoms with Crippen LogP contribution in [0.2, 0.25) is 0 Å². The van der Waals surface area contributed by atoms with Crippen LogP contribution in [0.3, 0.4) is 0 Å². The summed E-state index contributed by atoms with van der Waals surface area (Å²) in [7, 11) is 0. The number of aromatic nitrogens is 2. The van der Waals surface area contributed by atoms with Gasteiger partial charge in [0.1, 0.15) is 10.6 Å². The van der Waals surface area contributed by atoms with Crippen molar-refractivity contribution in [3.63, 3.8) is 0 Å². The van der Waals surface area contributed by atoms with Gasteiger partial charge in [0, 0.05) is 26.0 Å². The number of hydrogen-bond donors (Lipinski definition) is 1. The fraction of sp³-hybridized carbons (Fsp3) is 0.500. The van der Waals surface area contributed by atoms with E-state index in [0.717, 1.165) is 54.7 Å². The van der Waals surface area contributed by atoms with Crippen LogP contribution in [0, 0.1) is 5.92 Å². The van der Waals surface area contributed by atoms with Crippen LogP contribution in [0.15, 0.2) is 47.4 Å². The first-order valence-electron chi connectivity index (χ1n) is 11.2. The molecule has 0 amide bonds. The first-order valence-corrected chi connectivity index (χ1v) is 12.0. The summed E-state index contributed by atoms with van der Waals surface area (Å²) in [6.07, 6.45) is 8.97. The maximum Gasteiger partial charge on any atom is 0.271 e. The third-order valence-electron chi connectivity index (χ3n) is 5.78. The van der Waals surface area contributed by atoms with Crippen LogP contribution >= 0.6 is 11.5 Å². The van der Waals surface area contributed by atoms with Crippen molar-refractivity contribution in [1.29, 1.82) is 0 Å². The summed E-state index contributed by atoms with van der Waals surface area (Å²) in [5.41, 5.74) is 1.17. The molecule has 166 valence electrons. The molecule has 0 spiro atoms. The SMILES string of the molecule is O=c1c2cccnc2sn1CNCc1ccc(OCCC2CCCCOCCC2)cc1. The molecule has 2 aromatic heterocycles. The Balaban J connectivity index is 1.20. The Hall–Kier alpha value is -2.22. The van der Waals surface area contributed by atoms with Gasteiger partial charge in [-0.05, 0) is 73.0 Å². The van der Waals surface area contributed by atoms with E-state index in [1.165, 1.54) is 37.2 Å². The standard InChI is InChI=1S/C24H31N3O3S/c28-24-22-7-3-13-26-23(22)31-27(24)18-25-17-20-8-10-21(11-9-20)30-16-12-19-5-1-2-14-29-15-4-6-19/h3,7-11,13,19,25H,1-2,4-6,12,14-18H2. The second-order valence-corrected chi connectivity index (χ2v) is 9.12. The first kappa shape index (κ1) is 22.0. The molecule has 1 saturated heterocycles. The quantitative estimate of drug-likeness (QED) is 0.555. The summed E-state index contributed by atoms with van der Waals surface area (Å²) in [5, 5.41) is 4.02. The highest BCUT2D eigenvalue weighted by Gasteiger charge is 2.11. The molecule has 1 fully saturated rings. The van der Waals surface area contributed by atoms with Crippen molar-refractivity contribution in [3.05, 3.63) is 58.5 Å². The minimum Gasteiger partial charge on any atom is -0.494 e. The topological polar surface area (TPSA) is 65.4 Å². The number of rotatable bonds is 8. The van der Waals surface area contributed by atoms with Crippen LogP contribution < -0.4 is 15.6 Å². The second-order valence-electron chi connectivity index (χ2n) is 8.11. The number of nitrogens with one attached hydrogen (secondary N) is 1. The number of hydrogen-bond acceptors (Lipinski definition) is 6. The third kappa shape index (κ3) is 6.38. The second kappa shape index (κ2) is 11.4. The van der Waals surface area contributed by atoms with Crippen molar-refractivity contribution in [1.82, 2.24) is 14.3 Å². The Kier molecular flexibility index (Phi) is 8.10. The highest BCUT2D eigenvalue weighted by molar-refractivity contribution is 7.13. The summed E-state index contributed by atoms with van der Waals surface area (Å²) >= 11 is 1.39. The van der Waals surface area contributed by atoms with E-state index in [-0.39, 0.29) is 5.56 Å². The maximum absolute atomic E-state index is 12.4. The van der Waals surface area contributed by atoms with Gasteiger partial charge < -0.3 is 9.47 Å². The largest absolute Gasteiger partial charge is 0.494 e. The predicted octanol–water partition coefficient (Wildman–Crippen LogP) is 4.57. The van der Waals surface area contributed by atoms with Gasteiger partial charge in [-0.2, -0.15) is 0 Å². The molecule has 3 aromatic rings. The Labute approximate surface area is 187 Å². The van der Waals surface area contributed by atoms with Gasteiger partial charge in [0.2, 0.25) is 0 Å². The number of ether oxygens (including phenoxy) is 2. The molecule has 0 saturated carbocycles. The van der Waals surface area contributed by atoms with Gasteiger partial charge >= 0.3 is 0 Å². The number of benzene rings is 1. The van der Waals surface area contributed by atoms with Crippen LogP contribution in [-0.4, -0.2) is 28.8 Å². The fourth-order valence-electron chi connectivity index (χ4n) is 4.01. The average Bonchev–Trinajstić information content (AvgIpc) is 3.18. The molecule has 6 nitrogen and oxygen atoms in total. The Morgan fingerprint density at radius 3 is 2.84 bits per heavy atom. The van der Waals surface area contributed by atoms with Gasteiger partial charge in [-0.1, -0.05) is 25.0 Å². The van der Waals surface area contributed by atoms with Gasteiger partial charge in [0.25, 0.3) is 5.56 Å². The lowest BCUT2D eigenvalue weighted by atomic mass is 9.94. The van der Waals surface area contributed by atoms with Crippen molar-refractivity contribution in [2.75, 3.05) is 19.8 Å². The molecule has 1 unspecified atom stereocenters. The zero-order valence-electron chi connectivity index (χ0n) is 17.9. The van der Waals surface area contributed by atoms with Crippen LogP contribution in [0.25, 0.3) is 10.2 Å². The van der Waals surface area contributed by atoms with Crippen molar-refractivity contribution in [2.45, 2.75) is 51.7 Å². The predicted molar refractivity (Wildman–Crippen MR) is 125 cm³/mol. The number of pyridine rings is 1. The third-order valence-corrected chi connectivity index (χ3v) is 6.79. The average molecular weight is 442 g/mol. The van der Waals surface area contributed by atoms with Crippen molar-refractivity contribution in [3.8, 4) is 5.75 Å². The molecule has 0 aliphatic carbocycles. The Morgan fingerprint density at radius 1 is 1.13 bits per heavy atom.